The summed E-state index contributed by atoms with van der Waals surface area (Å²) in [4.78, 5) is 4.01. The van der Waals surface area contributed by atoms with Gasteiger partial charge in [0.1, 0.15) is 6.10 Å². The van der Waals surface area contributed by atoms with E-state index in [1.165, 1.54) is 6.39 Å². The first kappa shape index (κ1) is 8.74. The third kappa shape index (κ3) is 1.81. The molecular weight excluding hydrogens is 210 g/mol. The topological polar surface area (TPSA) is 35.3 Å². The Hall–Kier alpha value is -0.350. The van der Waals surface area contributed by atoms with E-state index in [9.17, 15) is 0 Å². The normalized spacial score (nSPS) is 13.4. The number of nitrogens with zero attached hydrogens (tertiary/aromatic N) is 1. The molecular formula is C7H10BrNO2. The number of aromatic nitrogens is 1. The molecule has 0 aliphatic rings. The molecule has 0 aliphatic carbocycles. The van der Waals surface area contributed by atoms with E-state index in [4.69, 9.17) is 9.15 Å². The molecule has 0 amide bonds. The van der Waals surface area contributed by atoms with Gasteiger partial charge in [-0.3, -0.25) is 0 Å². The van der Waals surface area contributed by atoms with Crippen LogP contribution in [0.5, 0.6) is 0 Å². The fourth-order valence-electron chi connectivity index (χ4n) is 0.816. The lowest BCUT2D eigenvalue weighted by Gasteiger charge is -2.05. The van der Waals surface area contributed by atoms with Gasteiger partial charge >= 0.3 is 0 Å². The Bertz CT molecular complexity index is 224. The maximum absolute atomic E-state index is 5.14. The predicted molar refractivity (Wildman–Crippen MR) is 44.6 cm³/mol. The highest BCUT2D eigenvalue weighted by Crippen LogP contribution is 2.20. The van der Waals surface area contributed by atoms with Crippen LogP contribution in [0.25, 0.3) is 0 Å². The number of ether oxygens (including phenoxy) is 1. The number of hydrogen-bond acceptors (Lipinski definition) is 3. The molecule has 0 spiro atoms. The molecule has 1 heterocycles. The van der Waals surface area contributed by atoms with Gasteiger partial charge in [0.15, 0.2) is 12.2 Å². The van der Waals surface area contributed by atoms with Gasteiger partial charge < -0.3 is 9.15 Å². The molecule has 0 saturated heterocycles. The van der Waals surface area contributed by atoms with E-state index in [1.54, 1.807) is 7.11 Å². The summed E-state index contributed by atoms with van der Waals surface area (Å²) in [5, 5.41) is 0.701. The third-order valence-corrected chi connectivity index (χ3v) is 2.05. The van der Waals surface area contributed by atoms with E-state index in [0.717, 1.165) is 11.5 Å². The fourth-order valence-corrected chi connectivity index (χ4v) is 1.24. The molecule has 11 heavy (non-hydrogen) atoms. The summed E-state index contributed by atoms with van der Waals surface area (Å²) in [6.45, 7) is 1.92. The lowest BCUT2D eigenvalue weighted by Crippen LogP contribution is -1.97. The van der Waals surface area contributed by atoms with Gasteiger partial charge in [-0.05, 0) is 6.92 Å². The highest BCUT2D eigenvalue weighted by atomic mass is 79.9. The molecule has 0 radical (unpaired) electrons. The Kier molecular flexibility index (Phi) is 3.08. The zero-order chi connectivity index (χ0) is 8.27. The van der Waals surface area contributed by atoms with E-state index in [1.807, 2.05) is 6.92 Å². The number of hydrogen-bond donors (Lipinski definition) is 0. The molecule has 0 N–H and O–H groups in total. The van der Waals surface area contributed by atoms with Crippen LogP contribution in [-0.2, 0) is 10.1 Å². The van der Waals surface area contributed by atoms with Crippen molar-refractivity contribution in [2.24, 2.45) is 0 Å². The molecule has 0 saturated carbocycles. The summed E-state index contributed by atoms with van der Waals surface area (Å²) < 4.78 is 10.2. The van der Waals surface area contributed by atoms with Crippen LogP contribution in [0.15, 0.2) is 10.8 Å². The van der Waals surface area contributed by atoms with Crippen LogP contribution >= 0.6 is 15.9 Å². The minimum absolute atomic E-state index is 0.0231. The molecule has 0 aromatic carbocycles. The van der Waals surface area contributed by atoms with Gasteiger partial charge in [-0.15, -0.1) is 0 Å². The molecule has 1 unspecified atom stereocenters. The summed E-state index contributed by atoms with van der Waals surface area (Å²) in [6, 6.07) is 0. The van der Waals surface area contributed by atoms with Crippen molar-refractivity contribution in [2.75, 3.05) is 7.11 Å². The van der Waals surface area contributed by atoms with Crippen LogP contribution < -0.4 is 0 Å². The monoisotopic (exact) mass is 219 g/mol. The number of rotatable bonds is 3. The van der Waals surface area contributed by atoms with Gasteiger partial charge in [0, 0.05) is 12.4 Å². The second kappa shape index (κ2) is 3.88. The van der Waals surface area contributed by atoms with Gasteiger partial charge in [0.2, 0.25) is 0 Å². The van der Waals surface area contributed by atoms with Crippen molar-refractivity contribution in [1.29, 1.82) is 0 Å². The van der Waals surface area contributed by atoms with Crippen LogP contribution in [0.2, 0.25) is 0 Å². The standard InChI is InChI=1S/C7H10BrNO2/c1-5(10-2)7-6(3-8)9-4-11-7/h4-5H,3H2,1-2H3. The molecule has 1 atom stereocenters. The second-order valence-corrected chi connectivity index (χ2v) is 2.74. The molecule has 4 heteroatoms. The lowest BCUT2D eigenvalue weighted by molar-refractivity contribution is 0.0988. The fraction of sp³-hybridized carbons (Fsp3) is 0.571. The number of methoxy groups -OCH3 is 1. The van der Waals surface area contributed by atoms with Crippen LogP contribution in [0.1, 0.15) is 24.5 Å². The summed E-state index contributed by atoms with van der Waals surface area (Å²) >= 11 is 3.31. The van der Waals surface area contributed by atoms with E-state index in [0.29, 0.717) is 5.33 Å². The molecule has 0 fully saturated rings. The zero-order valence-electron chi connectivity index (χ0n) is 6.50. The van der Waals surface area contributed by atoms with Gasteiger partial charge in [0.25, 0.3) is 0 Å². The van der Waals surface area contributed by atoms with Crippen LogP contribution in [0.3, 0.4) is 0 Å². The van der Waals surface area contributed by atoms with E-state index in [2.05, 4.69) is 20.9 Å². The Morgan fingerprint density at radius 2 is 2.55 bits per heavy atom. The van der Waals surface area contributed by atoms with Crippen molar-refractivity contribution in [3.05, 3.63) is 17.8 Å². The molecule has 1 aromatic rings. The van der Waals surface area contributed by atoms with Gasteiger partial charge in [-0.1, -0.05) is 15.9 Å². The second-order valence-electron chi connectivity index (χ2n) is 2.17. The van der Waals surface area contributed by atoms with Gasteiger partial charge in [-0.25, -0.2) is 4.98 Å². The van der Waals surface area contributed by atoms with Crippen LogP contribution in [0.4, 0.5) is 0 Å². The van der Waals surface area contributed by atoms with Crippen molar-refractivity contribution in [3.63, 3.8) is 0 Å². The maximum Gasteiger partial charge on any atom is 0.181 e. The van der Waals surface area contributed by atoms with Crippen molar-refractivity contribution in [2.45, 2.75) is 18.4 Å². The predicted octanol–water partition coefficient (Wildman–Crippen LogP) is 2.28. The minimum atomic E-state index is -0.0231. The molecule has 1 rings (SSSR count). The van der Waals surface area contributed by atoms with Crippen molar-refractivity contribution < 1.29 is 9.15 Å². The molecule has 1 aromatic heterocycles. The first-order chi connectivity index (χ1) is 5.29. The first-order valence-electron chi connectivity index (χ1n) is 3.30. The highest BCUT2D eigenvalue weighted by molar-refractivity contribution is 9.08. The summed E-state index contributed by atoms with van der Waals surface area (Å²) in [5.74, 6) is 0.796. The van der Waals surface area contributed by atoms with Crippen molar-refractivity contribution in [1.82, 2.24) is 4.98 Å². The number of halogens is 1. The Balaban J connectivity index is 2.83. The first-order valence-corrected chi connectivity index (χ1v) is 4.42. The minimum Gasteiger partial charge on any atom is -0.445 e. The van der Waals surface area contributed by atoms with Crippen molar-refractivity contribution >= 4 is 15.9 Å². The third-order valence-electron chi connectivity index (χ3n) is 1.52. The Morgan fingerprint density at radius 3 is 3.09 bits per heavy atom. The Morgan fingerprint density at radius 1 is 1.82 bits per heavy atom. The van der Waals surface area contributed by atoms with Gasteiger partial charge in [0.05, 0.1) is 5.69 Å². The largest absolute Gasteiger partial charge is 0.445 e. The maximum atomic E-state index is 5.14. The Labute approximate surface area is 73.9 Å². The average Bonchev–Trinajstić information content (AvgIpc) is 2.50. The summed E-state index contributed by atoms with van der Waals surface area (Å²) in [5.41, 5.74) is 0.902. The highest BCUT2D eigenvalue weighted by Gasteiger charge is 2.13. The number of oxazole rings is 1. The average molecular weight is 220 g/mol. The SMILES string of the molecule is COC(C)c1ocnc1CBr. The summed E-state index contributed by atoms with van der Waals surface area (Å²) in [7, 11) is 1.64. The van der Waals surface area contributed by atoms with Gasteiger partial charge in [-0.2, -0.15) is 0 Å². The van der Waals surface area contributed by atoms with E-state index >= 15 is 0 Å². The molecule has 0 bridgehead atoms. The van der Waals surface area contributed by atoms with Crippen molar-refractivity contribution in [3.8, 4) is 0 Å². The van der Waals surface area contributed by atoms with E-state index < -0.39 is 0 Å². The lowest BCUT2D eigenvalue weighted by atomic mass is 10.2. The number of alkyl halides is 1. The quantitative estimate of drug-likeness (QED) is 0.733. The zero-order valence-corrected chi connectivity index (χ0v) is 8.09. The smallest absolute Gasteiger partial charge is 0.181 e. The molecule has 0 aliphatic heterocycles. The van der Waals surface area contributed by atoms with E-state index in [-0.39, 0.29) is 6.10 Å². The van der Waals surface area contributed by atoms with Crippen LogP contribution in [-0.4, -0.2) is 12.1 Å². The van der Waals surface area contributed by atoms with Crippen LogP contribution in [0, 0.1) is 0 Å². The summed E-state index contributed by atoms with van der Waals surface area (Å²) in [6.07, 6.45) is 1.41. The molecule has 62 valence electrons. The molecule has 3 nitrogen and oxygen atoms in total.